The van der Waals surface area contributed by atoms with Gasteiger partial charge in [0.25, 0.3) is 5.91 Å². The first-order valence-corrected chi connectivity index (χ1v) is 7.92. The standard InChI is InChI=1S/C19H20F2N2O3/c1-11-5-6-12(9-14(11)21)17(24)22-16-10-13(20)7-8-15(16)23-18(25)26-19(2,3)4/h5-10H,1-4H3,(H,22,24)(H,23,25). The third-order valence-corrected chi connectivity index (χ3v) is 3.30. The van der Waals surface area contributed by atoms with Crippen molar-refractivity contribution in [3.8, 4) is 0 Å². The Morgan fingerprint density at radius 3 is 2.27 bits per heavy atom. The largest absolute Gasteiger partial charge is 0.444 e. The van der Waals surface area contributed by atoms with E-state index in [2.05, 4.69) is 10.6 Å². The minimum absolute atomic E-state index is 0.0295. The SMILES string of the molecule is Cc1ccc(C(=O)Nc2cc(F)ccc2NC(=O)OC(C)(C)C)cc1F. The highest BCUT2D eigenvalue weighted by Crippen LogP contribution is 2.24. The molecular weight excluding hydrogens is 342 g/mol. The molecule has 2 N–H and O–H groups in total. The number of aryl methyl sites for hydroxylation is 1. The number of nitrogens with one attached hydrogen (secondary N) is 2. The summed E-state index contributed by atoms with van der Waals surface area (Å²) in [6, 6.07) is 7.49. The molecule has 0 bridgehead atoms. The number of hydrogen-bond donors (Lipinski definition) is 2. The van der Waals surface area contributed by atoms with Crippen LogP contribution in [0.2, 0.25) is 0 Å². The van der Waals surface area contributed by atoms with Crippen molar-refractivity contribution in [2.45, 2.75) is 33.3 Å². The average Bonchev–Trinajstić information content (AvgIpc) is 2.50. The summed E-state index contributed by atoms with van der Waals surface area (Å²) in [7, 11) is 0. The van der Waals surface area contributed by atoms with E-state index in [9.17, 15) is 18.4 Å². The first-order chi connectivity index (χ1) is 12.0. The zero-order chi connectivity index (χ0) is 19.5. The minimum atomic E-state index is -0.749. The van der Waals surface area contributed by atoms with E-state index in [0.29, 0.717) is 5.56 Å². The van der Waals surface area contributed by atoms with Crippen LogP contribution >= 0.6 is 0 Å². The smallest absolute Gasteiger partial charge is 0.412 e. The van der Waals surface area contributed by atoms with E-state index in [4.69, 9.17) is 4.74 Å². The van der Waals surface area contributed by atoms with Crippen molar-refractivity contribution in [2.24, 2.45) is 0 Å². The molecular formula is C19H20F2N2O3. The molecule has 0 radical (unpaired) electrons. The van der Waals surface area contributed by atoms with Crippen LogP contribution in [0.4, 0.5) is 25.0 Å². The van der Waals surface area contributed by atoms with Crippen LogP contribution in [0, 0.1) is 18.6 Å². The Morgan fingerprint density at radius 1 is 0.962 bits per heavy atom. The van der Waals surface area contributed by atoms with E-state index >= 15 is 0 Å². The van der Waals surface area contributed by atoms with E-state index in [1.54, 1.807) is 27.7 Å². The summed E-state index contributed by atoms with van der Waals surface area (Å²) >= 11 is 0. The van der Waals surface area contributed by atoms with Gasteiger partial charge in [0.1, 0.15) is 17.2 Å². The minimum Gasteiger partial charge on any atom is -0.444 e. The molecule has 0 saturated carbocycles. The quantitative estimate of drug-likeness (QED) is 0.818. The zero-order valence-corrected chi connectivity index (χ0v) is 14.9. The molecule has 0 aliphatic carbocycles. The Morgan fingerprint density at radius 2 is 1.65 bits per heavy atom. The van der Waals surface area contributed by atoms with Crippen LogP contribution in [0.1, 0.15) is 36.7 Å². The van der Waals surface area contributed by atoms with Crippen molar-refractivity contribution in [3.63, 3.8) is 0 Å². The molecule has 0 aliphatic rings. The second-order valence-electron chi connectivity index (χ2n) is 6.73. The maximum atomic E-state index is 13.6. The van der Waals surface area contributed by atoms with Crippen LogP contribution in [0.5, 0.6) is 0 Å². The Balaban J connectivity index is 2.22. The first-order valence-electron chi connectivity index (χ1n) is 7.92. The number of carbonyl (C=O) groups excluding carboxylic acids is 2. The monoisotopic (exact) mass is 362 g/mol. The number of hydrogen-bond acceptors (Lipinski definition) is 3. The van der Waals surface area contributed by atoms with Gasteiger partial charge in [-0.3, -0.25) is 10.1 Å². The highest BCUT2D eigenvalue weighted by molar-refractivity contribution is 6.06. The van der Waals surface area contributed by atoms with Gasteiger partial charge >= 0.3 is 6.09 Å². The Labute approximate surface area is 150 Å². The lowest BCUT2D eigenvalue weighted by molar-refractivity contribution is 0.0635. The molecule has 0 saturated heterocycles. The van der Waals surface area contributed by atoms with Gasteiger partial charge in [0, 0.05) is 5.56 Å². The molecule has 7 heteroatoms. The Hall–Kier alpha value is -2.96. The molecule has 2 amide bonds. The summed E-state index contributed by atoms with van der Waals surface area (Å²) in [6.45, 7) is 6.68. The first kappa shape index (κ1) is 19.4. The molecule has 0 heterocycles. The van der Waals surface area contributed by atoms with Gasteiger partial charge in [-0.15, -0.1) is 0 Å². The maximum absolute atomic E-state index is 13.6. The van der Waals surface area contributed by atoms with Crippen LogP contribution in [0.15, 0.2) is 36.4 Å². The Kier molecular flexibility index (Phi) is 5.59. The average molecular weight is 362 g/mol. The van der Waals surface area contributed by atoms with Gasteiger partial charge in [-0.1, -0.05) is 6.07 Å². The summed E-state index contributed by atoms with van der Waals surface area (Å²) in [5.41, 5.74) is -0.0592. The molecule has 0 aliphatic heterocycles. The van der Waals surface area contributed by atoms with E-state index in [-0.39, 0.29) is 16.9 Å². The second-order valence-corrected chi connectivity index (χ2v) is 6.73. The van der Waals surface area contributed by atoms with Crippen molar-refractivity contribution in [1.82, 2.24) is 0 Å². The van der Waals surface area contributed by atoms with Crippen LogP contribution < -0.4 is 10.6 Å². The van der Waals surface area contributed by atoms with Gasteiger partial charge in [0.05, 0.1) is 11.4 Å². The lowest BCUT2D eigenvalue weighted by atomic mass is 10.1. The number of benzene rings is 2. The number of rotatable bonds is 3. The Bertz CT molecular complexity index is 845. The van der Waals surface area contributed by atoms with Crippen molar-refractivity contribution in [3.05, 3.63) is 59.2 Å². The van der Waals surface area contributed by atoms with E-state index in [1.165, 1.54) is 18.2 Å². The number of ether oxygens (including phenoxy) is 1. The van der Waals surface area contributed by atoms with Gasteiger partial charge in [0.2, 0.25) is 0 Å². The fourth-order valence-corrected chi connectivity index (χ4v) is 2.07. The fourth-order valence-electron chi connectivity index (χ4n) is 2.07. The molecule has 0 fully saturated rings. The van der Waals surface area contributed by atoms with E-state index in [1.807, 2.05) is 0 Å². The van der Waals surface area contributed by atoms with Gasteiger partial charge < -0.3 is 10.1 Å². The molecule has 2 rings (SSSR count). The lowest BCUT2D eigenvalue weighted by Crippen LogP contribution is -2.27. The maximum Gasteiger partial charge on any atom is 0.412 e. The van der Waals surface area contributed by atoms with Crippen LogP contribution in [0.3, 0.4) is 0 Å². The molecule has 5 nitrogen and oxygen atoms in total. The zero-order valence-electron chi connectivity index (χ0n) is 14.9. The third kappa shape index (κ3) is 5.27. The summed E-state index contributed by atoms with van der Waals surface area (Å²) in [5, 5.41) is 4.92. The summed E-state index contributed by atoms with van der Waals surface area (Å²) in [4.78, 5) is 24.2. The molecule has 0 unspecified atom stereocenters. The fraction of sp³-hybridized carbons (Fsp3) is 0.263. The van der Waals surface area contributed by atoms with Crippen molar-refractivity contribution in [1.29, 1.82) is 0 Å². The summed E-state index contributed by atoms with van der Waals surface area (Å²) < 4.78 is 32.3. The molecule has 0 aromatic heterocycles. The van der Waals surface area contributed by atoms with Gasteiger partial charge in [-0.05, 0) is 63.6 Å². The molecule has 138 valence electrons. The highest BCUT2D eigenvalue weighted by Gasteiger charge is 2.18. The summed E-state index contributed by atoms with van der Waals surface area (Å²) in [5.74, 6) is -1.77. The van der Waals surface area contributed by atoms with Gasteiger partial charge in [-0.2, -0.15) is 0 Å². The normalized spacial score (nSPS) is 11.0. The second kappa shape index (κ2) is 7.51. The molecule has 26 heavy (non-hydrogen) atoms. The number of carbonyl (C=O) groups is 2. The van der Waals surface area contributed by atoms with E-state index in [0.717, 1.165) is 18.2 Å². The number of anilines is 2. The van der Waals surface area contributed by atoms with Crippen molar-refractivity contribution < 1.29 is 23.1 Å². The molecule has 2 aromatic carbocycles. The summed E-state index contributed by atoms with van der Waals surface area (Å²) in [6.07, 6.45) is -0.749. The van der Waals surface area contributed by atoms with Crippen LogP contribution in [0.25, 0.3) is 0 Å². The predicted molar refractivity (Wildman–Crippen MR) is 95.3 cm³/mol. The highest BCUT2D eigenvalue weighted by atomic mass is 19.1. The van der Waals surface area contributed by atoms with Gasteiger partial charge in [0.15, 0.2) is 0 Å². The predicted octanol–water partition coefficient (Wildman–Crippen LogP) is 4.87. The third-order valence-electron chi connectivity index (χ3n) is 3.30. The van der Waals surface area contributed by atoms with Crippen molar-refractivity contribution in [2.75, 3.05) is 10.6 Å². The number of halogens is 2. The van der Waals surface area contributed by atoms with E-state index < -0.39 is 29.2 Å². The molecule has 0 atom stereocenters. The van der Waals surface area contributed by atoms with Crippen molar-refractivity contribution >= 4 is 23.4 Å². The van der Waals surface area contributed by atoms with Crippen LogP contribution in [-0.2, 0) is 4.74 Å². The molecule has 0 spiro atoms. The van der Waals surface area contributed by atoms with Gasteiger partial charge in [-0.25, -0.2) is 13.6 Å². The molecule has 2 aromatic rings. The topological polar surface area (TPSA) is 67.4 Å². The van der Waals surface area contributed by atoms with Crippen LogP contribution in [-0.4, -0.2) is 17.6 Å². The lowest BCUT2D eigenvalue weighted by Gasteiger charge is -2.20. The number of amides is 2.